The van der Waals surface area contributed by atoms with Crippen molar-refractivity contribution < 1.29 is 14.7 Å². The van der Waals surface area contributed by atoms with E-state index in [0.29, 0.717) is 15.6 Å². The molecule has 0 saturated heterocycles. The SMILES string of the molecule is O=C(O)CCN(C(=O)c1sccc1Cl)c1ccccc1. The number of hydrogen-bond acceptors (Lipinski definition) is 3. The van der Waals surface area contributed by atoms with E-state index < -0.39 is 5.97 Å². The molecule has 0 aliphatic rings. The van der Waals surface area contributed by atoms with Gasteiger partial charge in [0, 0.05) is 12.2 Å². The summed E-state index contributed by atoms with van der Waals surface area (Å²) in [5.74, 6) is -1.23. The molecule has 2 rings (SSSR count). The molecule has 6 heteroatoms. The molecule has 2 aromatic rings. The third-order valence-electron chi connectivity index (χ3n) is 2.67. The lowest BCUT2D eigenvalue weighted by molar-refractivity contribution is -0.136. The highest BCUT2D eigenvalue weighted by atomic mass is 35.5. The van der Waals surface area contributed by atoms with E-state index >= 15 is 0 Å². The van der Waals surface area contributed by atoms with Crippen LogP contribution in [0.4, 0.5) is 5.69 Å². The summed E-state index contributed by atoms with van der Waals surface area (Å²) in [5, 5.41) is 10.9. The Balaban J connectivity index is 2.29. The number of thiophene rings is 1. The Hall–Kier alpha value is -1.85. The Morgan fingerprint density at radius 2 is 1.90 bits per heavy atom. The lowest BCUT2D eigenvalue weighted by atomic mass is 10.2. The van der Waals surface area contributed by atoms with Gasteiger partial charge in [0.15, 0.2) is 0 Å². The quantitative estimate of drug-likeness (QED) is 0.919. The van der Waals surface area contributed by atoms with Crippen LogP contribution in [0.5, 0.6) is 0 Å². The molecule has 4 nitrogen and oxygen atoms in total. The van der Waals surface area contributed by atoms with Gasteiger partial charge in [0.25, 0.3) is 5.91 Å². The maximum absolute atomic E-state index is 12.5. The number of carboxylic acid groups (broad SMARTS) is 1. The van der Waals surface area contributed by atoms with Gasteiger partial charge in [-0.05, 0) is 23.6 Å². The maximum atomic E-state index is 12.5. The summed E-state index contributed by atoms with van der Waals surface area (Å²) in [6, 6.07) is 10.6. The summed E-state index contributed by atoms with van der Waals surface area (Å²) < 4.78 is 0. The normalized spacial score (nSPS) is 10.2. The van der Waals surface area contributed by atoms with Crippen LogP contribution in [-0.4, -0.2) is 23.5 Å². The van der Waals surface area contributed by atoms with Gasteiger partial charge >= 0.3 is 5.97 Å². The average molecular weight is 310 g/mol. The minimum absolute atomic E-state index is 0.104. The van der Waals surface area contributed by atoms with Crippen molar-refractivity contribution >= 4 is 40.5 Å². The third-order valence-corrected chi connectivity index (χ3v) is 4.00. The van der Waals surface area contributed by atoms with Crippen molar-refractivity contribution in [3.63, 3.8) is 0 Å². The fourth-order valence-corrected chi connectivity index (χ4v) is 2.82. The number of carbonyl (C=O) groups is 2. The van der Waals surface area contributed by atoms with Crippen LogP contribution in [-0.2, 0) is 4.79 Å². The number of nitrogens with zero attached hydrogens (tertiary/aromatic N) is 1. The lowest BCUT2D eigenvalue weighted by Gasteiger charge is -2.21. The van der Waals surface area contributed by atoms with E-state index in [-0.39, 0.29) is 18.9 Å². The van der Waals surface area contributed by atoms with Gasteiger partial charge in [-0.2, -0.15) is 0 Å². The molecule has 1 N–H and O–H groups in total. The molecule has 0 spiro atoms. The highest BCUT2D eigenvalue weighted by Gasteiger charge is 2.21. The van der Waals surface area contributed by atoms with Gasteiger partial charge in [0.1, 0.15) is 4.88 Å². The van der Waals surface area contributed by atoms with Crippen LogP contribution in [0, 0.1) is 0 Å². The van der Waals surface area contributed by atoms with Crippen LogP contribution < -0.4 is 4.90 Å². The Kier molecular flexibility index (Phi) is 4.76. The summed E-state index contributed by atoms with van der Waals surface area (Å²) in [6.07, 6.45) is -0.121. The molecular weight excluding hydrogens is 298 g/mol. The van der Waals surface area contributed by atoms with E-state index in [2.05, 4.69) is 0 Å². The van der Waals surface area contributed by atoms with E-state index in [1.807, 2.05) is 6.07 Å². The third kappa shape index (κ3) is 3.37. The Labute approximate surface area is 125 Å². The molecule has 20 heavy (non-hydrogen) atoms. The number of anilines is 1. The standard InChI is InChI=1S/C14H12ClNO3S/c15-11-7-9-20-13(11)14(19)16(8-6-12(17)18)10-4-2-1-3-5-10/h1-5,7,9H,6,8H2,(H,17,18). The minimum atomic E-state index is -0.948. The predicted molar refractivity (Wildman–Crippen MR) is 79.7 cm³/mol. The molecule has 0 aliphatic heterocycles. The highest BCUT2D eigenvalue weighted by molar-refractivity contribution is 7.12. The van der Waals surface area contributed by atoms with E-state index in [1.165, 1.54) is 16.2 Å². The summed E-state index contributed by atoms with van der Waals surface area (Å²) in [6.45, 7) is 0.104. The fourth-order valence-electron chi connectivity index (χ4n) is 1.73. The molecular formula is C14H12ClNO3S. The summed E-state index contributed by atoms with van der Waals surface area (Å²) in [7, 11) is 0. The largest absolute Gasteiger partial charge is 0.481 e. The van der Waals surface area contributed by atoms with Gasteiger partial charge in [0.05, 0.1) is 11.4 Å². The molecule has 0 bridgehead atoms. The summed E-state index contributed by atoms with van der Waals surface area (Å²) >= 11 is 7.22. The number of halogens is 1. The second kappa shape index (κ2) is 6.54. The minimum Gasteiger partial charge on any atom is -0.481 e. The fraction of sp³-hybridized carbons (Fsp3) is 0.143. The lowest BCUT2D eigenvalue weighted by Crippen LogP contribution is -2.32. The van der Waals surface area contributed by atoms with Crippen LogP contribution in [0.15, 0.2) is 41.8 Å². The molecule has 104 valence electrons. The summed E-state index contributed by atoms with van der Waals surface area (Å²) in [4.78, 5) is 25.1. The van der Waals surface area contributed by atoms with Gasteiger partial charge in [-0.1, -0.05) is 29.8 Å². The second-order valence-corrected chi connectivity index (χ2v) is 5.36. The van der Waals surface area contributed by atoms with Crippen molar-refractivity contribution in [2.45, 2.75) is 6.42 Å². The van der Waals surface area contributed by atoms with Gasteiger partial charge in [-0.3, -0.25) is 9.59 Å². The zero-order chi connectivity index (χ0) is 14.5. The second-order valence-electron chi connectivity index (χ2n) is 4.03. The van der Waals surface area contributed by atoms with Crippen molar-refractivity contribution in [1.82, 2.24) is 0 Å². The number of aliphatic carboxylic acids is 1. The molecule has 0 radical (unpaired) electrons. The van der Waals surface area contributed by atoms with Gasteiger partial charge in [0.2, 0.25) is 0 Å². The topological polar surface area (TPSA) is 57.6 Å². The summed E-state index contributed by atoms with van der Waals surface area (Å²) in [5.41, 5.74) is 0.656. The van der Waals surface area contributed by atoms with Crippen LogP contribution >= 0.6 is 22.9 Å². The van der Waals surface area contributed by atoms with Crippen LogP contribution in [0.3, 0.4) is 0 Å². The van der Waals surface area contributed by atoms with Crippen molar-refractivity contribution in [3.8, 4) is 0 Å². The number of rotatable bonds is 5. The van der Waals surface area contributed by atoms with E-state index in [1.54, 1.807) is 35.7 Å². The zero-order valence-corrected chi connectivity index (χ0v) is 12.0. The molecule has 1 heterocycles. The number of para-hydroxylation sites is 1. The van der Waals surface area contributed by atoms with Crippen molar-refractivity contribution in [3.05, 3.63) is 51.7 Å². The number of amides is 1. The average Bonchev–Trinajstić information content (AvgIpc) is 2.86. The molecule has 1 aromatic carbocycles. The molecule has 1 aromatic heterocycles. The molecule has 0 fully saturated rings. The molecule has 1 amide bonds. The molecule has 0 aliphatic carbocycles. The maximum Gasteiger partial charge on any atom is 0.305 e. The Bertz CT molecular complexity index is 612. The zero-order valence-electron chi connectivity index (χ0n) is 10.5. The van der Waals surface area contributed by atoms with Crippen molar-refractivity contribution in [1.29, 1.82) is 0 Å². The number of carbonyl (C=O) groups excluding carboxylic acids is 1. The monoisotopic (exact) mass is 309 g/mol. The molecule has 0 saturated carbocycles. The van der Waals surface area contributed by atoms with Crippen molar-refractivity contribution in [2.75, 3.05) is 11.4 Å². The van der Waals surface area contributed by atoms with Gasteiger partial charge < -0.3 is 10.0 Å². The van der Waals surface area contributed by atoms with E-state index in [9.17, 15) is 9.59 Å². The van der Waals surface area contributed by atoms with E-state index in [0.717, 1.165) is 0 Å². The molecule has 0 unspecified atom stereocenters. The highest BCUT2D eigenvalue weighted by Crippen LogP contribution is 2.26. The number of benzene rings is 1. The first-order valence-electron chi connectivity index (χ1n) is 5.91. The van der Waals surface area contributed by atoms with Crippen LogP contribution in [0.25, 0.3) is 0 Å². The van der Waals surface area contributed by atoms with Crippen molar-refractivity contribution in [2.24, 2.45) is 0 Å². The molecule has 0 atom stereocenters. The smallest absolute Gasteiger partial charge is 0.305 e. The first kappa shape index (κ1) is 14.6. The number of carboxylic acids is 1. The van der Waals surface area contributed by atoms with Crippen LogP contribution in [0.2, 0.25) is 5.02 Å². The van der Waals surface area contributed by atoms with Crippen LogP contribution in [0.1, 0.15) is 16.1 Å². The number of hydrogen-bond donors (Lipinski definition) is 1. The Morgan fingerprint density at radius 3 is 2.45 bits per heavy atom. The van der Waals surface area contributed by atoms with Gasteiger partial charge in [-0.15, -0.1) is 11.3 Å². The van der Waals surface area contributed by atoms with E-state index in [4.69, 9.17) is 16.7 Å². The predicted octanol–water partition coefficient (Wildman–Crippen LogP) is 3.52. The van der Waals surface area contributed by atoms with Gasteiger partial charge in [-0.25, -0.2) is 0 Å². The Morgan fingerprint density at radius 1 is 1.20 bits per heavy atom. The first-order chi connectivity index (χ1) is 9.59. The first-order valence-corrected chi connectivity index (χ1v) is 7.17.